The molecule has 34 heavy (non-hydrogen) atoms. The molecule has 0 atom stereocenters. The van der Waals surface area contributed by atoms with Crippen LogP contribution in [0.1, 0.15) is 79.9 Å². The van der Waals surface area contributed by atoms with Crippen molar-refractivity contribution < 1.29 is 18.5 Å². The Kier molecular flexibility index (Phi) is 6.05. The normalized spacial score (nSPS) is 15.5. The minimum Gasteiger partial charge on any atom is -0.383 e. The molecule has 0 aliphatic heterocycles. The molecule has 4 rings (SSSR count). The number of rotatable bonds is 8. The molecule has 1 aromatic carbocycles. The van der Waals surface area contributed by atoms with Gasteiger partial charge in [-0.15, -0.1) is 0 Å². The van der Waals surface area contributed by atoms with Crippen LogP contribution in [0.3, 0.4) is 0 Å². The number of nitrogens with two attached hydrogens (primary N) is 2. The Labute approximate surface area is 197 Å². The van der Waals surface area contributed by atoms with Crippen molar-refractivity contribution in [3.8, 4) is 11.3 Å². The Hall–Kier alpha value is -3.49. The van der Waals surface area contributed by atoms with Crippen molar-refractivity contribution in [1.29, 1.82) is 0 Å². The second kappa shape index (κ2) is 8.70. The van der Waals surface area contributed by atoms with E-state index < -0.39 is 11.7 Å². The molecular weight excluding hydrogens is 437 g/mol. The summed E-state index contributed by atoms with van der Waals surface area (Å²) in [5.74, 6) is -0.529. The molecule has 0 radical (unpaired) electrons. The molecule has 1 aliphatic carbocycles. The number of carbonyl (C=O) groups excluding carboxylic acids is 2. The predicted molar refractivity (Wildman–Crippen MR) is 126 cm³/mol. The van der Waals surface area contributed by atoms with E-state index in [9.17, 15) is 9.59 Å². The van der Waals surface area contributed by atoms with Crippen molar-refractivity contribution in [2.75, 3.05) is 5.73 Å². The van der Waals surface area contributed by atoms with Crippen molar-refractivity contribution in [2.45, 2.75) is 65.3 Å². The highest BCUT2D eigenvalue weighted by molar-refractivity contribution is 6.03. The number of hydrogen-bond acceptors (Lipinski definition) is 6. The summed E-state index contributed by atoms with van der Waals surface area (Å²) in [7, 11) is 0. The molecule has 8 nitrogen and oxygen atoms in total. The smallest absolute Gasteiger partial charge is 0.254 e. The van der Waals surface area contributed by atoms with Crippen LogP contribution in [0.5, 0.6) is 0 Å². The number of amides is 1. The van der Waals surface area contributed by atoms with Crippen LogP contribution in [0.4, 0.5) is 10.2 Å². The van der Waals surface area contributed by atoms with Crippen LogP contribution < -0.4 is 11.5 Å². The van der Waals surface area contributed by atoms with Crippen molar-refractivity contribution in [3.05, 3.63) is 52.7 Å². The van der Waals surface area contributed by atoms with Crippen LogP contribution in [0.15, 0.2) is 28.8 Å². The molecule has 2 heterocycles. The fraction of sp³-hybridized carbons (Fsp3) is 0.440. The monoisotopic (exact) mass is 467 g/mol. The van der Waals surface area contributed by atoms with E-state index >= 15 is 4.39 Å². The van der Waals surface area contributed by atoms with E-state index in [4.69, 9.17) is 16.0 Å². The number of carbonyl (C=O) groups is 2. The van der Waals surface area contributed by atoms with Gasteiger partial charge in [0.1, 0.15) is 34.4 Å². The van der Waals surface area contributed by atoms with Crippen LogP contribution >= 0.6 is 0 Å². The number of nitrogen functional groups attached to an aromatic ring is 1. The predicted octanol–water partition coefficient (Wildman–Crippen LogP) is 4.20. The van der Waals surface area contributed by atoms with Crippen LogP contribution in [0, 0.1) is 11.2 Å². The Morgan fingerprint density at radius 2 is 1.94 bits per heavy atom. The van der Waals surface area contributed by atoms with Crippen molar-refractivity contribution in [1.82, 2.24) is 14.9 Å². The number of ketones is 1. The topological polar surface area (TPSA) is 130 Å². The van der Waals surface area contributed by atoms with E-state index in [1.807, 2.05) is 19.9 Å². The lowest BCUT2D eigenvalue weighted by molar-refractivity contribution is -0.118. The highest BCUT2D eigenvalue weighted by atomic mass is 19.1. The maximum absolute atomic E-state index is 15.0. The van der Waals surface area contributed by atoms with Gasteiger partial charge in [0.25, 0.3) is 5.91 Å². The van der Waals surface area contributed by atoms with E-state index in [1.165, 1.54) is 16.8 Å². The van der Waals surface area contributed by atoms with E-state index in [0.29, 0.717) is 22.7 Å². The van der Waals surface area contributed by atoms with Gasteiger partial charge in [-0.3, -0.25) is 9.59 Å². The third-order valence-electron chi connectivity index (χ3n) is 6.34. The van der Waals surface area contributed by atoms with Crippen molar-refractivity contribution >= 4 is 17.5 Å². The zero-order chi connectivity index (χ0) is 24.8. The molecule has 2 aromatic heterocycles. The van der Waals surface area contributed by atoms with E-state index in [2.05, 4.69) is 24.1 Å². The number of hydrogen-bond donors (Lipinski definition) is 2. The fourth-order valence-corrected chi connectivity index (χ4v) is 4.71. The van der Waals surface area contributed by atoms with Gasteiger partial charge in [0.05, 0.1) is 12.1 Å². The summed E-state index contributed by atoms with van der Waals surface area (Å²) < 4.78 is 21.8. The summed E-state index contributed by atoms with van der Waals surface area (Å²) >= 11 is 0. The molecule has 0 bridgehead atoms. The minimum absolute atomic E-state index is 0.0209. The number of anilines is 1. The molecule has 0 unspecified atom stereocenters. The maximum Gasteiger partial charge on any atom is 0.254 e. The molecule has 1 amide bonds. The van der Waals surface area contributed by atoms with Gasteiger partial charge in [-0.05, 0) is 49.8 Å². The van der Waals surface area contributed by atoms with E-state index in [-0.39, 0.29) is 47.3 Å². The van der Waals surface area contributed by atoms with Crippen LogP contribution in [-0.4, -0.2) is 26.6 Å². The first-order chi connectivity index (χ1) is 15.9. The van der Waals surface area contributed by atoms with Gasteiger partial charge in [0, 0.05) is 30.0 Å². The van der Waals surface area contributed by atoms with Crippen molar-refractivity contribution in [3.63, 3.8) is 0 Å². The Morgan fingerprint density at radius 1 is 1.24 bits per heavy atom. The molecule has 0 saturated heterocycles. The number of Topliss-reactive ketones (excluding diaryl/α,β-unsaturated/α-hetero) is 1. The second-order valence-corrected chi connectivity index (χ2v) is 10.2. The number of nitrogens with zero attached hydrogens (tertiary/aromatic N) is 3. The zero-order valence-electron chi connectivity index (χ0n) is 19.9. The molecule has 4 N–H and O–H groups in total. The molecule has 1 fully saturated rings. The van der Waals surface area contributed by atoms with Gasteiger partial charge in [0.2, 0.25) is 0 Å². The highest BCUT2D eigenvalue weighted by Crippen LogP contribution is 2.50. The van der Waals surface area contributed by atoms with Gasteiger partial charge in [-0.25, -0.2) is 9.07 Å². The molecule has 180 valence electrons. The summed E-state index contributed by atoms with van der Waals surface area (Å²) in [5.41, 5.74) is 13.4. The Bertz CT molecular complexity index is 1250. The molecular formula is C25H30FN5O3. The molecule has 1 aliphatic rings. The SMILES string of the molecule is CC(C)n1nc(-c2ccc(CC(=O)Cc3cc(C4CC(C)(C)C4)no3)cc2F)c(C(N)=O)c1N. The third kappa shape index (κ3) is 4.60. The molecule has 0 spiro atoms. The summed E-state index contributed by atoms with van der Waals surface area (Å²) in [4.78, 5) is 24.5. The average molecular weight is 468 g/mol. The molecule has 3 aromatic rings. The lowest BCUT2D eigenvalue weighted by Gasteiger charge is -2.41. The summed E-state index contributed by atoms with van der Waals surface area (Å²) in [6.07, 6.45) is 2.23. The summed E-state index contributed by atoms with van der Waals surface area (Å²) in [6.45, 7) is 8.12. The number of primary amides is 1. The largest absolute Gasteiger partial charge is 0.383 e. The first-order valence-corrected chi connectivity index (χ1v) is 11.4. The fourth-order valence-electron chi connectivity index (χ4n) is 4.71. The lowest BCUT2D eigenvalue weighted by atomic mass is 9.63. The standard InChI is InChI=1S/C25H30FN5O3/c1-13(2)31-23(27)21(24(28)33)22(29-31)18-6-5-14(8-19(18)26)7-16(32)9-17-10-20(30-34-17)15-11-25(3,4)12-15/h5-6,8,10,13,15H,7,9,11-12,27H2,1-4H3,(H2,28,33). The highest BCUT2D eigenvalue weighted by Gasteiger charge is 2.38. The zero-order valence-corrected chi connectivity index (χ0v) is 19.9. The van der Waals surface area contributed by atoms with E-state index in [0.717, 1.165) is 18.5 Å². The first kappa shape index (κ1) is 23.7. The Morgan fingerprint density at radius 3 is 2.53 bits per heavy atom. The van der Waals surface area contributed by atoms with Gasteiger partial charge in [0.15, 0.2) is 0 Å². The Balaban J connectivity index is 1.47. The third-order valence-corrected chi connectivity index (χ3v) is 6.34. The molecule has 9 heteroatoms. The maximum atomic E-state index is 15.0. The van der Waals surface area contributed by atoms with E-state index in [1.54, 1.807) is 6.07 Å². The molecule has 1 saturated carbocycles. The quantitative estimate of drug-likeness (QED) is 0.511. The summed E-state index contributed by atoms with van der Waals surface area (Å²) in [6, 6.07) is 6.10. The van der Waals surface area contributed by atoms with Crippen LogP contribution in [-0.2, 0) is 17.6 Å². The number of aromatic nitrogens is 3. The van der Waals surface area contributed by atoms with Crippen molar-refractivity contribution in [2.24, 2.45) is 11.1 Å². The summed E-state index contributed by atoms with van der Waals surface area (Å²) in [5, 5.41) is 8.43. The van der Waals surface area contributed by atoms with Gasteiger partial charge in [-0.1, -0.05) is 25.1 Å². The second-order valence-electron chi connectivity index (χ2n) is 10.2. The van der Waals surface area contributed by atoms with Crippen LogP contribution in [0.2, 0.25) is 0 Å². The van der Waals surface area contributed by atoms with Gasteiger partial charge >= 0.3 is 0 Å². The minimum atomic E-state index is -0.782. The van der Waals surface area contributed by atoms with Gasteiger partial charge in [-0.2, -0.15) is 5.10 Å². The van der Waals surface area contributed by atoms with Gasteiger partial charge < -0.3 is 16.0 Å². The first-order valence-electron chi connectivity index (χ1n) is 11.4. The lowest BCUT2D eigenvalue weighted by Crippen LogP contribution is -2.29. The van der Waals surface area contributed by atoms with Crippen LogP contribution in [0.25, 0.3) is 11.3 Å². The number of halogens is 1. The average Bonchev–Trinajstić information content (AvgIpc) is 3.30. The number of benzene rings is 1.